The van der Waals surface area contributed by atoms with E-state index in [9.17, 15) is 9.18 Å². The monoisotopic (exact) mass is 429 g/mol. The fraction of sp³-hybridized carbons (Fsp3) is 0.0952. The van der Waals surface area contributed by atoms with Gasteiger partial charge in [0, 0.05) is 25.0 Å². The Balaban J connectivity index is 1.48. The van der Waals surface area contributed by atoms with E-state index in [1.165, 1.54) is 6.07 Å². The molecule has 0 saturated carbocycles. The van der Waals surface area contributed by atoms with Gasteiger partial charge in [-0.3, -0.25) is 9.36 Å². The van der Waals surface area contributed by atoms with Crippen LogP contribution in [0.4, 0.5) is 4.39 Å². The maximum atomic E-state index is 15.0. The second kappa shape index (κ2) is 6.74. The van der Waals surface area contributed by atoms with E-state index < -0.39 is 5.82 Å². The third-order valence-electron chi connectivity index (χ3n) is 5.50. The number of nitrogens with zero attached hydrogens (tertiary/aromatic N) is 7. The van der Waals surface area contributed by atoms with Crippen LogP contribution in [0.25, 0.3) is 39.0 Å². The van der Waals surface area contributed by atoms with Crippen molar-refractivity contribution in [3.63, 3.8) is 0 Å². The minimum absolute atomic E-state index is 0.161. The Morgan fingerprint density at radius 1 is 1.00 bits per heavy atom. The molecule has 4 aromatic heterocycles. The number of benzene rings is 2. The summed E-state index contributed by atoms with van der Waals surface area (Å²) in [5.41, 5.74) is 4.69. The molecule has 2 aromatic carbocycles. The first kappa shape index (κ1) is 18.2. The Labute approximate surface area is 178 Å². The summed E-state index contributed by atoms with van der Waals surface area (Å²) in [6, 6.07) is 12.3. The average molecular weight is 429 g/mol. The molecule has 6 rings (SSSR count). The Kier molecular flexibility index (Phi) is 3.84. The third kappa shape index (κ3) is 2.82. The van der Waals surface area contributed by atoms with Crippen molar-refractivity contribution in [3.05, 3.63) is 76.9 Å². The van der Waals surface area contributed by atoms with Crippen LogP contribution in [0.15, 0.2) is 59.7 Å². The van der Waals surface area contributed by atoms with Crippen molar-refractivity contribution in [1.82, 2.24) is 44.5 Å². The number of aromatic amines is 2. The molecule has 11 heteroatoms. The van der Waals surface area contributed by atoms with E-state index >= 15 is 0 Å². The van der Waals surface area contributed by atoms with Crippen molar-refractivity contribution in [2.75, 3.05) is 0 Å². The molecular weight excluding hydrogens is 413 g/mol. The number of hydrogen-bond acceptors (Lipinski definition) is 5. The maximum Gasteiger partial charge on any atom is 0.323 e. The highest BCUT2D eigenvalue weighted by Gasteiger charge is 2.16. The molecule has 0 bridgehead atoms. The van der Waals surface area contributed by atoms with Crippen molar-refractivity contribution < 1.29 is 4.39 Å². The van der Waals surface area contributed by atoms with Gasteiger partial charge in [0.2, 0.25) is 0 Å². The van der Waals surface area contributed by atoms with Crippen molar-refractivity contribution in [3.8, 4) is 16.9 Å². The summed E-state index contributed by atoms with van der Waals surface area (Å²) >= 11 is 0. The van der Waals surface area contributed by atoms with Gasteiger partial charge in [-0.25, -0.2) is 13.9 Å². The second-order valence-corrected chi connectivity index (χ2v) is 7.46. The molecule has 0 saturated heterocycles. The Morgan fingerprint density at radius 2 is 1.84 bits per heavy atom. The lowest BCUT2D eigenvalue weighted by molar-refractivity contribution is 0.622. The first-order valence-corrected chi connectivity index (χ1v) is 9.83. The number of rotatable bonds is 4. The molecule has 4 heterocycles. The molecule has 0 aliphatic heterocycles. The second-order valence-electron chi connectivity index (χ2n) is 7.46. The van der Waals surface area contributed by atoms with Crippen molar-refractivity contribution in [2.45, 2.75) is 6.54 Å². The van der Waals surface area contributed by atoms with E-state index in [0.717, 1.165) is 11.4 Å². The summed E-state index contributed by atoms with van der Waals surface area (Å²) in [6.07, 6.45) is 3.41. The van der Waals surface area contributed by atoms with Gasteiger partial charge in [0.05, 0.1) is 40.2 Å². The Hall–Kier alpha value is -4.54. The van der Waals surface area contributed by atoms with Gasteiger partial charge >= 0.3 is 5.69 Å². The lowest BCUT2D eigenvalue weighted by atomic mass is 10.1. The van der Waals surface area contributed by atoms with E-state index in [2.05, 4.69) is 30.5 Å². The molecule has 0 atom stereocenters. The zero-order chi connectivity index (χ0) is 21.8. The standard InChI is InChI=1S/C21H16FN9O/c1-29-14(4-6-23-29)11-30-18(5-7-24-30)12-8-15(22)20-19(9-12)31(28-27-20)13-2-3-16-17(10-13)26-21(32)25-16/h2-10H,11H2,1H3,(H2,25,26,32). The third-order valence-corrected chi connectivity index (χ3v) is 5.50. The Morgan fingerprint density at radius 3 is 2.69 bits per heavy atom. The number of nitrogens with one attached hydrogen (secondary N) is 2. The van der Waals surface area contributed by atoms with Gasteiger partial charge in [-0.1, -0.05) is 5.21 Å². The number of aryl methyl sites for hydroxylation is 1. The molecule has 0 spiro atoms. The number of fused-ring (bicyclic) bond motifs is 2. The van der Waals surface area contributed by atoms with Gasteiger partial charge in [-0.05, 0) is 42.5 Å². The van der Waals surface area contributed by atoms with Crippen LogP contribution in [-0.4, -0.2) is 44.5 Å². The van der Waals surface area contributed by atoms with Gasteiger partial charge in [0.25, 0.3) is 0 Å². The molecule has 0 aliphatic carbocycles. The van der Waals surface area contributed by atoms with Gasteiger partial charge in [-0.15, -0.1) is 5.10 Å². The molecular formula is C21H16FN9O. The summed E-state index contributed by atoms with van der Waals surface area (Å²) in [6.45, 7) is 0.494. The number of halogens is 1. The van der Waals surface area contributed by atoms with Crippen LogP contribution in [0.5, 0.6) is 0 Å². The normalized spacial score (nSPS) is 11.7. The zero-order valence-corrected chi connectivity index (χ0v) is 16.8. The number of hydrogen-bond donors (Lipinski definition) is 2. The average Bonchev–Trinajstić information content (AvgIpc) is 3.54. The van der Waals surface area contributed by atoms with Crippen LogP contribution in [0, 0.1) is 5.82 Å². The van der Waals surface area contributed by atoms with E-state index in [4.69, 9.17) is 0 Å². The number of imidazole rings is 1. The highest BCUT2D eigenvalue weighted by Crippen LogP contribution is 2.28. The topological polar surface area (TPSA) is 115 Å². The lowest BCUT2D eigenvalue weighted by Gasteiger charge is -2.09. The molecule has 158 valence electrons. The van der Waals surface area contributed by atoms with Crippen LogP contribution >= 0.6 is 0 Å². The van der Waals surface area contributed by atoms with Crippen LogP contribution in [0.3, 0.4) is 0 Å². The molecule has 0 aliphatic rings. The first-order valence-electron chi connectivity index (χ1n) is 9.83. The predicted molar refractivity (Wildman–Crippen MR) is 115 cm³/mol. The van der Waals surface area contributed by atoms with Crippen molar-refractivity contribution in [2.24, 2.45) is 7.05 Å². The number of H-pyrrole nitrogens is 2. The van der Waals surface area contributed by atoms with E-state index in [0.29, 0.717) is 34.3 Å². The highest BCUT2D eigenvalue weighted by molar-refractivity contribution is 5.84. The summed E-state index contributed by atoms with van der Waals surface area (Å²) < 4.78 is 20.1. The highest BCUT2D eigenvalue weighted by atomic mass is 19.1. The maximum absolute atomic E-state index is 15.0. The van der Waals surface area contributed by atoms with E-state index in [-0.39, 0.29) is 11.2 Å². The van der Waals surface area contributed by atoms with Gasteiger partial charge in [0.1, 0.15) is 5.52 Å². The molecule has 10 nitrogen and oxygen atoms in total. The minimum Gasteiger partial charge on any atom is -0.306 e. The molecule has 32 heavy (non-hydrogen) atoms. The van der Waals surface area contributed by atoms with Crippen LogP contribution in [-0.2, 0) is 13.6 Å². The first-order chi connectivity index (χ1) is 15.6. The largest absolute Gasteiger partial charge is 0.323 e. The fourth-order valence-corrected chi connectivity index (χ4v) is 3.89. The molecule has 0 amide bonds. The summed E-state index contributed by atoms with van der Waals surface area (Å²) in [5.74, 6) is -0.479. The molecule has 0 unspecified atom stereocenters. The smallest absolute Gasteiger partial charge is 0.306 e. The molecule has 0 radical (unpaired) electrons. The van der Waals surface area contributed by atoms with Crippen LogP contribution < -0.4 is 5.69 Å². The summed E-state index contributed by atoms with van der Waals surface area (Å²) in [5, 5.41) is 16.8. The van der Waals surface area contributed by atoms with Crippen molar-refractivity contribution in [1.29, 1.82) is 0 Å². The zero-order valence-electron chi connectivity index (χ0n) is 16.8. The lowest BCUT2D eigenvalue weighted by Crippen LogP contribution is -2.08. The van der Waals surface area contributed by atoms with Crippen LogP contribution in [0.2, 0.25) is 0 Å². The molecule has 0 fully saturated rings. The minimum atomic E-state index is -0.479. The van der Waals surface area contributed by atoms with Gasteiger partial charge in [-0.2, -0.15) is 10.2 Å². The Bertz CT molecular complexity index is 1670. The van der Waals surface area contributed by atoms with E-state index in [1.54, 1.807) is 44.6 Å². The number of aromatic nitrogens is 9. The summed E-state index contributed by atoms with van der Waals surface area (Å²) in [7, 11) is 1.86. The van der Waals surface area contributed by atoms with Crippen molar-refractivity contribution >= 4 is 22.1 Å². The quantitative estimate of drug-likeness (QED) is 0.447. The van der Waals surface area contributed by atoms with E-state index in [1.807, 2.05) is 25.2 Å². The summed E-state index contributed by atoms with van der Waals surface area (Å²) in [4.78, 5) is 17.0. The molecule has 6 aromatic rings. The predicted octanol–water partition coefficient (Wildman–Crippen LogP) is 2.37. The SMILES string of the molecule is Cn1nccc1Cn1nccc1-c1cc(F)c2nnn(-c3ccc4[nH]c(=O)[nH]c4c3)c2c1. The molecule has 2 N–H and O–H groups in total. The fourth-order valence-electron chi connectivity index (χ4n) is 3.89. The van der Waals surface area contributed by atoms with Crippen LogP contribution in [0.1, 0.15) is 5.69 Å². The van der Waals surface area contributed by atoms with Gasteiger partial charge < -0.3 is 9.97 Å². The van der Waals surface area contributed by atoms with Gasteiger partial charge in [0.15, 0.2) is 5.82 Å².